The first-order valence-corrected chi connectivity index (χ1v) is 7.15. The molecule has 1 heterocycles. The van der Waals surface area contributed by atoms with Crippen LogP contribution in [-0.4, -0.2) is 50.7 Å². The second kappa shape index (κ2) is 5.59. The maximum atomic E-state index is 10.7. The van der Waals surface area contributed by atoms with Gasteiger partial charge in [-0.1, -0.05) is 12.1 Å². The monoisotopic (exact) mass is 266 g/mol. The Morgan fingerprint density at radius 2 is 2.11 bits per heavy atom. The maximum absolute atomic E-state index is 10.7. The lowest BCUT2D eigenvalue weighted by atomic mass is 9.72. The minimum absolute atomic E-state index is 0.107. The molecular formula is C14H26N4O. The predicted molar refractivity (Wildman–Crippen MR) is 74.8 cm³/mol. The van der Waals surface area contributed by atoms with Gasteiger partial charge in [0.25, 0.3) is 0 Å². The van der Waals surface area contributed by atoms with Gasteiger partial charge in [-0.05, 0) is 45.7 Å². The number of hydrogen-bond donors (Lipinski definition) is 1. The number of aromatic nitrogens is 3. The molecule has 1 aliphatic carbocycles. The summed E-state index contributed by atoms with van der Waals surface area (Å²) in [6, 6.07) is 0. The zero-order valence-corrected chi connectivity index (χ0v) is 12.5. The Bertz CT molecular complexity index is 407. The number of aliphatic hydroxyl groups excluding tert-OH is 1. The van der Waals surface area contributed by atoms with E-state index in [0.717, 1.165) is 24.5 Å². The number of likely N-dealkylation sites (N-methyl/N-ethyl adjacent to an activating group) is 1. The lowest BCUT2D eigenvalue weighted by molar-refractivity contribution is -0.0386. The van der Waals surface area contributed by atoms with Gasteiger partial charge in [-0.3, -0.25) is 4.68 Å². The quantitative estimate of drug-likeness (QED) is 0.890. The molecule has 1 atom stereocenters. The van der Waals surface area contributed by atoms with Gasteiger partial charge >= 0.3 is 0 Å². The molecule has 0 aromatic carbocycles. The minimum Gasteiger partial charge on any atom is -0.391 e. The molecular weight excluding hydrogens is 240 g/mol. The van der Waals surface area contributed by atoms with E-state index in [1.807, 2.05) is 13.2 Å². The largest absolute Gasteiger partial charge is 0.391 e. The van der Waals surface area contributed by atoms with Crippen LogP contribution in [0, 0.1) is 5.92 Å². The third-order valence-corrected chi connectivity index (χ3v) is 4.70. The zero-order valence-electron chi connectivity index (χ0n) is 12.5. The van der Waals surface area contributed by atoms with Crippen LogP contribution in [-0.2, 0) is 13.5 Å². The van der Waals surface area contributed by atoms with Gasteiger partial charge < -0.3 is 10.0 Å². The molecule has 0 amide bonds. The molecule has 0 radical (unpaired) electrons. The summed E-state index contributed by atoms with van der Waals surface area (Å²) in [7, 11) is 6.01. The van der Waals surface area contributed by atoms with E-state index >= 15 is 0 Å². The summed E-state index contributed by atoms with van der Waals surface area (Å²) in [6.45, 7) is 2.30. The molecule has 0 bridgehead atoms. The third kappa shape index (κ3) is 2.98. The van der Waals surface area contributed by atoms with Gasteiger partial charge in [-0.15, -0.1) is 5.10 Å². The summed E-state index contributed by atoms with van der Waals surface area (Å²) < 4.78 is 1.69. The van der Waals surface area contributed by atoms with Crippen LogP contribution in [0.1, 0.15) is 38.3 Å². The lowest BCUT2D eigenvalue weighted by Gasteiger charge is -2.47. The fourth-order valence-electron chi connectivity index (χ4n) is 3.22. The minimum atomic E-state index is -0.383. The highest BCUT2D eigenvalue weighted by atomic mass is 16.3. The SMILES string of the molecule is CC1CCC(C(O)Cc2cn(C)nn2)(N(C)C)CC1. The van der Waals surface area contributed by atoms with E-state index in [-0.39, 0.29) is 11.6 Å². The van der Waals surface area contributed by atoms with Gasteiger partial charge in [0.15, 0.2) is 0 Å². The van der Waals surface area contributed by atoms with E-state index < -0.39 is 0 Å². The van der Waals surface area contributed by atoms with Crippen molar-refractivity contribution in [2.75, 3.05) is 14.1 Å². The average Bonchev–Trinajstić information content (AvgIpc) is 2.75. The van der Waals surface area contributed by atoms with Crippen molar-refractivity contribution in [3.05, 3.63) is 11.9 Å². The van der Waals surface area contributed by atoms with Crippen molar-refractivity contribution in [3.8, 4) is 0 Å². The first-order chi connectivity index (χ1) is 8.94. The molecule has 108 valence electrons. The van der Waals surface area contributed by atoms with Crippen LogP contribution < -0.4 is 0 Å². The van der Waals surface area contributed by atoms with E-state index in [2.05, 4.69) is 36.2 Å². The highest BCUT2D eigenvalue weighted by Gasteiger charge is 2.42. The summed E-state index contributed by atoms with van der Waals surface area (Å²) >= 11 is 0. The van der Waals surface area contributed by atoms with E-state index in [1.54, 1.807) is 4.68 Å². The molecule has 5 nitrogen and oxygen atoms in total. The summed E-state index contributed by atoms with van der Waals surface area (Å²) in [5.74, 6) is 0.775. The molecule has 0 saturated heterocycles. The lowest BCUT2D eigenvalue weighted by Crippen LogP contribution is -2.56. The average molecular weight is 266 g/mol. The van der Waals surface area contributed by atoms with Crippen LogP contribution >= 0.6 is 0 Å². The molecule has 1 aromatic rings. The van der Waals surface area contributed by atoms with Crippen molar-refractivity contribution in [2.45, 2.75) is 50.7 Å². The van der Waals surface area contributed by atoms with E-state index in [0.29, 0.717) is 6.42 Å². The van der Waals surface area contributed by atoms with Gasteiger partial charge in [0.05, 0.1) is 11.8 Å². The van der Waals surface area contributed by atoms with Crippen molar-refractivity contribution < 1.29 is 5.11 Å². The molecule has 0 spiro atoms. The molecule has 1 aliphatic rings. The fourth-order valence-corrected chi connectivity index (χ4v) is 3.22. The smallest absolute Gasteiger partial charge is 0.0853 e. The van der Waals surface area contributed by atoms with Gasteiger partial charge in [-0.2, -0.15) is 0 Å². The summed E-state index contributed by atoms with van der Waals surface area (Å²) in [4.78, 5) is 2.21. The Balaban J connectivity index is 2.10. The Hall–Kier alpha value is -0.940. The van der Waals surface area contributed by atoms with Gasteiger partial charge in [0, 0.05) is 25.2 Å². The first-order valence-electron chi connectivity index (χ1n) is 7.15. The predicted octanol–water partition coefficient (Wildman–Crippen LogP) is 1.23. The number of nitrogens with zero attached hydrogens (tertiary/aromatic N) is 4. The Kier molecular flexibility index (Phi) is 4.26. The fraction of sp³-hybridized carbons (Fsp3) is 0.857. The molecule has 1 unspecified atom stereocenters. The van der Waals surface area contributed by atoms with Crippen molar-refractivity contribution in [1.29, 1.82) is 0 Å². The third-order valence-electron chi connectivity index (χ3n) is 4.70. The Morgan fingerprint density at radius 1 is 1.47 bits per heavy atom. The van der Waals surface area contributed by atoms with Gasteiger partial charge in [0.1, 0.15) is 0 Å². The van der Waals surface area contributed by atoms with Crippen molar-refractivity contribution >= 4 is 0 Å². The summed E-state index contributed by atoms with van der Waals surface area (Å²) in [6.07, 6.45) is 6.58. The molecule has 1 saturated carbocycles. The standard InChI is InChI=1S/C14H26N4O/c1-11-5-7-14(8-6-11,17(2)3)13(19)9-12-10-18(4)16-15-12/h10-11,13,19H,5-9H2,1-4H3. The van der Waals surface area contributed by atoms with Crippen molar-refractivity contribution in [2.24, 2.45) is 13.0 Å². The van der Waals surface area contributed by atoms with Crippen molar-refractivity contribution in [1.82, 2.24) is 19.9 Å². The topological polar surface area (TPSA) is 54.2 Å². The number of aliphatic hydroxyl groups is 1. The second-order valence-electron chi connectivity index (χ2n) is 6.28. The number of rotatable bonds is 4. The maximum Gasteiger partial charge on any atom is 0.0853 e. The van der Waals surface area contributed by atoms with Gasteiger partial charge in [0.2, 0.25) is 0 Å². The normalized spacial score (nSPS) is 29.7. The first kappa shape index (κ1) is 14.5. The summed E-state index contributed by atoms with van der Waals surface area (Å²) in [5, 5.41) is 18.8. The van der Waals surface area contributed by atoms with Crippen LogP contribution in [0.5, 0.6) is 0 Å². The Labute approximate surface area is 115 Å². The molecule has 5 heteroatoms. The number of aryl methyl sites for hydroxylation is 1. The van der Waals surface area contributed by atoms with Crippen LogP contribution in [0.2, 0.25) is 0 Å². The number of hydrogen-bond acceptors (Lipinski definition) is 4. The zero-order chi connectivity index (χ0) is 14.0. The second-order valence-corrected chi connectivity index (χ2v) is 6.28. The molecule has 1 aromatic heterocycles. The van der Waals surface area contributed by atoms with E-state index in [4.69, 9.17) is 0 Å². The molecule has 0 aliphatic heterocycles. The van der Waals surface area contributed by atoms with Crippen LogP contribution in [0.25, 0.3) is 0 Å². The van der Waals surface area contributed by atoms with E-state index in [1.165, 1.54) is 12.8 Å². The molecule has 2 rings (SSSR count). The Morgan fingerprint density at radius 3 is 2.58 bits per heavy atom. The van der Waals surface area contributed by atoms with E-state index in [9.17, 15) is 5.11 Å². The molecule has 19 heavy (non-hydrogen) atoms. The van der Waals surface area contributed by atoms with Crippen molar-refractivity contribution in [3.63, 3.8) is 0 Å². The van der Waals surface area contributed by atoms with Crippen LogP contribution in [0.15, 0.2) is 6.20 Å². The summed E-state index contributed by atoms with van der Waals surface area (Å²) in [5.41, 5.74) is 0.763. The molecule has 1 fully saturated rings. The van der Waals surface area contributed by atoms with Crippen LogP contribution in [0.4, 0.5) is 0 Å². The highest BCUT2D eigenvalue weighted by molar-refractivity contribution is 5.04. The van der Waals surface area contributed by atoms with Crippen LogP contribution in [0.3, 0.4) is 0 Å². The molecule has 1 N–H and O–H groups in total. The van der Waals surface area contributed by atoms with Gasteiger partial charge in [-0.25, -0.2) is 0 Å². The highest BCUT2D eigenvalue weighted by Crippen LogP contribution is 2.38.